The number of rotatable bonds is 6. The van der Waals surface area contributed by atoms with Gasteiger partial charge in [0.25, 0.3) is 5.91 Å². The van der Waals surface area contributed by atoms with Gasteiger partial charge >= 0.3 is 0 Å². The van der Waals surface area contributed by atoms with Gasteiger partial charge in [0.1, 0.15) is 6.04 Å². The lowest BCUT2D eigenvalue weighted by atomic mass is 10.1. The molecule has 2 aromatic carbocycles. The Kier molecular flexibility index (Phi) is 4.79. The van der Waals surface area contributed by atoms with Crippen molar-refractivity contribution in [2.75, 3.05) is 5.32 Å². The molecule has 6 heteroatoms. The van der Waals surface area contributed by atoms with Crippen molar-refractivity contribution >= 4 is 23.4 Å². The Morgan fingerprint density at radius 2 is 1.60 bits per heavy atom. The maximum atomic E-state index is 12.4. The molecule has 0 aromatic heterocycles. The minimum atomic E-state index is -0.900. The molecule has 128 valence electrons. The van der Waals surface area contributed by atoms with Gasteiger partial charge in [-0.3, -0.25) is 14.4 Å². The highest BCUT2D eigenvalue weighted by atomic mass is 16.2. The highest BCUT2D eigenvalue weighted by Crippen LogP contribution is 2.30. The first-order valence-electron chi connectivity index (χ1n) is 8.10. The van der Waals surface area contributed by atoms with Crippen LogP contribution in [-0.4, -0.2) is 17.7 Å². The quantitative estimate of drug-likeness (QED) is 0.751. The third-order valence-electron chi connectivity index (χ3n) is 4.06. The van der Waals surface area contributed by atoms with E-state index in [1.165, 1.54) is 0 Å². The predicted octanol–water partition coefficient (Wildman–Crippen LogP) is 1.99. The van der Waals surface area contributed by atoms with Crippen LogP contribution in [0.15, 0.2) is 54.6 Å². The molecule has 0 bridgehead atoms. The average Bonchev–Trinajstić information content (AvgIpc) is 3.46. The maximum absolute atomic E-state index is 12.4. The van der Waals surface area contributed by atoms with E-state index in [4.69, 9.17) is 5.73 Å². The molecule has 0 aliphatic heterocycles. The molecule has 0 heterocycles. The summed E-state index contributed by atoms with van der Waals surface area (Å²) >= 11 is 0. The van der Waals surface area contributed by atoms with Gasteiger partial charge in [-0.1, -0.05) is 30.3 Å². The van der Waals surface area contributed by atoms with Crippen LogP contribution in [-0.2, 0) is 9.59 Å². The van der Waals surface area contributed by atoms with Crippen LogP contribution < -0.4 is 16.4 Å². The summed E-state index contributed by atoms with van der Waals surface area (Å²) in [5.41, 5.74) is 7.05. The van der Waals surface area contributed by atoms with Crippen LogP contribution in [0.3, 0.4) is 0 Å². The van der Waals surface area contributed by atoms with E-state index in [1.807, 2.05) is 6.07 Å². The summed E-state index contributed by atoms with van der Waals surface area (Å²) in [4.78, 5) is 35.8. The number of benzene rings is 2. The summed E-state index contributed by atoms with van der Waals surface area (Å²) in [6.07, 6.45) is 1.86. The summed E-state index contributed by atoms with van der Waals surface area (Å²) in [7, 11) is 0. The molecule has 1 unspecified atom stereocenters. The number of anilines is 1. The van der Waals surface area contributed by atoms with Crippen LogP contribution in [0.4, 0.5) is 5.69 Å². The number of nitrogens with two attached hydrogens (primary N) is 1. The zero-order valence-electron chi connectivity index (χ0n) is 13.6. The summed E-state index contributed by atoms with van der Waals surface area (Å²) in [5.74, 6) is -0.916. The monoisotopic (exact) mass is 337 g/mol. The second-order valence-electron chi connectivity index (χ2n) is 6.06. The predicted molar refractivity (Wildman–Crippen MR) is 93.6 cm³/mol. The van der Waals surface area contributed by atoms with Crippen LogP contribution in [0.1, 0.15) is 34.8 Å². The third kappa shape index (κ3) is 4.23. The van der Waals surface area contributed by atoms with Gasteiger partial charge in [0.15, 0.2) is 0 Å². The molecule has 1 atom stereocenters. The molecule has 3 rings (SSSR count). The minimum absolute atomic E-state index is 0.00933. The molecule has 25 heavy (non-hydrogen) atoms. The minimum Gasteiger partial charge on any atom is -0.368 e. The fourth-order valence-corrected chi connectivity index (χ4v) is 2.47. The Labute approximate surface area is 145 Å². The molecule has 0 saturated heterocycles. The SMILES string of the molecule is NC(=O)C(NC(=O)c1ccc(NC(=O)C2CC2)cc1)c1ccccc1. The maximum Gasteiger partial charge on any atom is 0.252 e. The number of hydrogen-bond acceptors (Lipinski definition) is 3. The summed E-state index contributed by atoms with van der Waals surface area (Å²) < 4.78 is 0. The summed E-state index contributed by atoms with van der Waals surface area (Å²) in [6.45, 7) is 0. The van der Waals surface area contributed by atoms with E-state index < -0.39 is 17.9 Å². The highest BCUT2D eigenvalue weighted by molar-refractivity contribution is 5.98. The third-order valence-corrected chi connectivity index (χ3v) is 4.06. The van der Waals surface area contributed by atoms with E-state index in [9.17, 15) is 14.4 Å². The van der Waals surface area contributed by atoms with Crippen LogP contribution in [0, 0.1) is 5.92 Å². The van der Waals surface area contributed by atoms with E-state index in [-0.39, 0.29) is 11.8 Å². The van der Waals surface area contributed by atoms with Gasteiger partial charge < -0.3 is 16.4 Å². The topological polar surface area (TPSA) is 101 Å². The van der Waals surface area contributed by atoms with E-state index in [2.05, 4.69) is 10.6 Å². The van der Waals surface area contributed by atoms with E-state index in [0.29, 0.717) is 16.8 Å². The van der Waals surface area contributed by atoms with Crippen molar-refractivity contribution < 1.29 is 14.4 Å². The second kappa shape index (κ2) is 7.17. The lowest BCUT2D eigenvalue weighted by Crippen LogP contribution is -2.37. The smallest absolute Gasteiger partial charge is 0.252 e. The van der Waals surface area contributed by atoms with Gasteiger partial charge in [0.05, 0.1) is 0 Å². The van der Waals surface area contributed by atoms with Gasteiger partial charge in [-0.2, -0.15) is 0 Å². The standard InChI is InChI=1S/C19H19N3O3/c20-17(23)16(12-4-2-1-3-5-12)22-19(25)14-8-10-15(11-9-14)21-18(24)13-6-7-13/h1-5,8-11,13,16H,6-7H2,(H2,20,23)(H,21,24)(H,22,25). The molecule has 0 radical (unpaired) electrons. The highest BCUT2D eigenvalue weighted by Gasteiger charge is 2.29. The number of nitrogens with one attached hydrogen (secondary N) is 2. The zero-order valence-corrected chi connectivity index (χ0v) is 13.6. The van der Waals surface area contributed by atoms with Crippen molar-refractivity contribution in [2.45, 2.75) is 18.9 Å². The Bertz CT molecular complexity index is 783. The molecule has 1 aliphatic carbocycles. The first kappa shape index (κ1) is 16.7. The molecule has 4 N–H and O–H groups in total. The Morgan fingerprint density at radius 3 is 2.16 bits per heavy atom. The average molecular weight is 337 g/mol. The number of hydrogen-bond donors (Lipinski definition) is 3. The number of amides is 3. The molecule has 3 amide bonds. The Balaban J connectivity index is 1.67. The van der Waals surface area contributed by atoms with E-state index in [1.54, 1.807) is 48.5 Å². The molecular formula is C19H19N3O3. The second-order valence-corrected chi connectivity index (χ2v) is 6.06. The van der Waals surface area contributed by atoms with Crippen molar-refractivity contribution in [3.63, 3.8) is 0 Å². The van der Waals surface area contributed by atoms with Crippen molar-refractivity contribution in [3.8, 4) is 0 Å². The molecule has 2 aromatic rings. The van der Waals surface area contributed by atoms with Crippen LogP contribution >= 0.6 is 0 Å². The molecule has 1 saturated carbocycles. The molecular weight excluding hydrogens is 318 g/mol. The van der Waals surface area contributed by atoms with Gasteiger partial charge in [0.2, 0.25) is 11.8 Å². The van der Waals surface area contributed by atoms with Crippen molar-refractivity contribution in [3.05, 3.63) is 65.7 Å². The van der Waals surface area contributed by atoms with Gasteiger partial charge in [-0.05, 0) is 42.7 Å². The first-order valence-corrected chi connectivity index (χ1v) is 8.10. The van der Waals surface area contributed by atoms with E-state index >= 15 is 0 Å². The van der Waals surface area contributed by atoms with Gasteiger partial charge in [0, 0.05) is 17.2 Å². The molecule has 1 aliphatic rings. The van der Waals surface area contributed by atoms with Crippen molar-refractivity contribution in [2.24, 2.45) is 11.7 Å². The van der Waals surface area contributed by atoms with Gasteiger partial charge in [-0.25, -0.2) is 0 Å². The Morgan fingerprint density at radius 1 is 0.960 bits per heavy atom. The molecule has 6 nitrogen and oxygen atoms in total. The lowest BCUT2D eigenvalue weighted by molar-refractivity contribution is -0.120. The fraction of sp³-hybridized carbons (Fsp3) is 0.211. The largest absolute Gasteiger partial charge is 0.368 e. The molecule has 0 spiro atoms. The van der Waals surface area contributed by atoms with Crippen LogP contribution in [0.5, 0.6) is 0 Å². The van der Waals surface area contributed by atoms with Crippen LogP contribution in [0.2, 0.25) is 0 Å². The fourth-order valence-electron chi connectivity index (χ4n) is 2.47. The number of carbonyl (C=O) groups is 3. The normalized spacial score (nSPS) is 14.4. The zero-order chi connectivity index (χ0) is 17.8. The first-order chi connectivity index (χ1) is 12.0. The molecule has 1 fully saturated rings. The number of carbonyl (C=O) groups excluding carboxylic acids is 3. The van der Waals surface area contributed by atoms with Gasteiger partial charge in [-0.15, -0.1) is 0 Å². The summed E-state index contributed by atoms with van der Waals surface area (Å²) in [6, 6.07) is 14.4. The van der Waals surface area contributed by atoms with Crippen molar-refractivity contribution in [1.29, 1.82) is 0 Å². The Hall–Kier alpha value is -3.15. The number of primary amides is 1. The summed E-state index contributed by atoms with van der Waals surface area (Å²) in [5, 5.41) is 5.45. The van der Waals surface area contributed by atoms with Crippen LogP contribution in [0.25, 0.3) is 0 Å². The lowest BCUT2D eigenvalue weighted by Gasteiger charge is -2.16. The van der Waals surface area contributed by atoms with Crippen molar-refractivity contribution in [1.82, 2.24) is 5.32 Å². The van der Waals surface area contributed by atoms with E-state index in [0.717, 1.165) is 12.8 Å².